The summed E-state index contributed by atoms with van der Waals surface area (Å²) in [4.78, 5) is 12.8. The highest BCUT2D eigenvalue weighted by molar-refractivity contribution is 7.92. The van der Waals surface area contributed by atoms with E-state index in [1.807, 2.05) is 18.2 Å². The summed E-state index contributed by atoms with van der Waals surface area (Å²) >= 11 is 12.1. The molecule has 0 aromatic heterocycles. The fourth-order valence-electron chi connectivity index (χ4n) is 2.90. The Kier molecular flexibility index (Phi) is 7.43. The minimum Gasteiger partial charge on any atom is -0.496 e. The second kappa shape index (κ2) is 10.0. The van der Waals surface area contributed by atoms with Gasteiger partial charge in [-0.3, -0.25) is 9.10 Å². The number of para-hydroxylation sites is 1. The highest BCUT2D eigenvalue weighted by Crippen LogP contribution is 2.30. The number of halogens is 2. The van der Waals surface area contributed by atoms with Crippen LogP contribution in [0.25, 0.3) is 0 Å². The highest BCUT2D eigenvalue weighted by atomic mass is 35.5. The molecule has 0 atom stereocenters. The lowest BCUT2D eigenvalue weighted by atomic mass is 10.2. The molecule has 0 fully saturated rings. The Bertz CT molecular complexity index is 1170. The summed E-state index contributed by atoms with van der Waals surface area (Å²) in [6, 6.07) is 19.5. The van der Waals surface area contributed by atoms with Gasteiger partial charge in [-0.25, -0.2) is 8.42 Å². The van der Waals surface area contributed by atoms with Gasteiger partial charge < -0.3 is 10.1 Å². The van der Waals surface area contributed by atoms with Gasteiger partial charge in [-0.1, -0.05) is 59.6 Å². The summed E-state index contributed by atoms with van der Waals surface area (Å²) in [5, 5.41) is 3.20. The highest BCUT2D eigenvalue weighted by Gasteiger charge is 2.27. The van der Waals surface area contributed by atoms with E-state index in [1.54, 1.807) is 31.4 Å². The topological polar surface area (TPSA) is 75.7 Å². The first-order valence-corrected chi connectivity index (χ1v) is 11.4. The SMILES string of the molecule is COc1ccccc1CNC(=O)CN(c1ccc(Cl)c(Cl)c1)S(=O)(=O)c1ccccc1. The lowest BCUT2D eigenvalue weighted by Crippen LogP contribution is -2.40. The van der Waals surface area contributed by atoms with Crippen molar-refractivity contribution in [2.45, 2.75) is 11.4 Å². The number of anilines is 1. The Labute approximate surface area is 191 Å². The van der Waals surface area contributed by atoms with Crippen molar-refractivity contribution >= 4 is 44.8 Å². The van der Waals surface area contributed by atoms with Gasteiger partial charge in [-0.15, -0.1) is 0 Å². The zero-order valence-corrected chi connectivity index (χ0v) is 18.9. The summed E-state index contributed by atoms with van der Waals surface area (Å²) in [5.74, 6) is 0.137. The summed E-state index contributed by atoms with van der Waals surface area (Å²) in [6.07, 6.45) is 0. The van der Waals surface area contributed by atoms with Crippen LogP contribution in [0.3, 0.4) is 0 Å². The molecule has 3 aromatic rings. The normalized spacial score (nSPS) is 11.1. The van der Waals surface area contributed by atoms with Crippen LogP contribution in [0.4, 0.5) is 5.69 Å². The Balaban J connectivity index is 1.88. The Hall–Kier alpha value is -2.74. The van der Waals surface area contributed by atoms with E-state index in [9.17, 15) is 13.2 Å². The van der Waals surface area contributed by atoms with Gasteiger partial charge in [0, 0.05) is 12.1 Å². The molecule has 0 spiro atoms. The molecule has 6 nitrogen and oxygen atoms in total. The van der Waals surface area contributed by atoms with Gasteiger partial charge in [0.15, 0.2) is 0 Å². The molecule has 162 valence electrons. The van der Waals surface area contributed by atoms with E-state index in [1.165, 1.54) is 30.3 Å². The molecule has 0 unspecified atom stereocenters. The molecular formula is C22H20Cl2N2O4S. The van der Waals surface area contributed by atoms with Crippen molar-refractivity contribution in [3.63, 3.8) is 0 Å². The number of benzene rings is 3. The van der Waals surface area contributed by atoms with Crippen molar-refractivity contribution in [1.82, 2.24) is 5.32 Å². The number of carbonyl (C=O) groups is 1. The van der Waals surface area contributed by atoms with Crippen molar-refractivity contribution in [2.75, 3.05) is 18.0 Å². The monoisotopic (exact) mass is 478 g/mol. The molecule has 0 heterocycles. The third kappa shape index (κ3) is 5.50. The van der Waals surface area contributed by atoms with Gasteiger partial charge in [0.25, 0.3) is 10.0 Å². The van der Waals surface area contributed by atoms with E-state index in [0.717, 1.165) is 9.87 Å². The van der Waals surface area contributed by atoms with E-state index >= 15 is 0 Å². The molecule has 1 N–H and O–H groups in total. The second-order valence-electron chi connectivity index (χ2n) is 6.51. The number of rotatable bonds is 8. The number of methoxy groups -OCH3 is 1. The van der Waals surface area contributed by atoms with Crippen LogP contribution in [0.2, 0.25) is 10.0 Å². The third-order valence-corrected chi connectivity index (χ3v) is 7.01. The number of sulfonamides is 1. The van der Waals surface area contributed by atoms with Gasteiger partial charge in [-0.2, -0.15) is 0 Å². The van der Waals surface area contributed by atoms with Crippen LogP contribution in [0.15, 0.2) is 77.7 Å². The molecule has 3 rings (SSSR count). The first kappa shape index (κ1) is 22.9. The maximum atomic E-state index is 13.3. The first-order chi connectivity index (χ1) is 14.8. The average Bonchev–Trinajstić information content (AvgIpc) is 2.78. The molecule has 0 aliphatic rings. The van der Waals surface area contributed by atoms with E-state index < -0.39 is 22.5 Å². The fourth-order valence-corrected chi connectivity index (χ4v) is 4.63. The summed E-state index contributed by atoms with van der Waals surface area (Å²) in [6.45, 7) is -0.256. The van der Waals surface area contributed by atoms with Crippen molar-refractivity contribution < 1.29 is 17.9 Å². The fraction of sp³-hybridized carbons (Fsp3) is 0.136. The van der Waals surface area contributed by atoms with E-state index in [4.69, 9.17) is 27.9 Å². The Morgan fingerprint density at radius 3 is 2.32 bits per heavy atom. The van der Waals surface area contributed by atoms with Gasteiger partial charge in [0.05, 0.1) is 27.7 Å². The van der Waals surface area contributed by atoms with Crippen LogP contribution in [0, 0.1) is 0 Å². The van der Waals surface area contributed by atoms with Gasteiger partial charge in [0.2, 0.25) is 5.91 Å². The molecule has 0 aliphatic heterocycles. The molecule has 3 aromatic carbocycles. The van der Waals surface area contributed by atoms with Gasteiger partial charge in [-0.05, 0) is 36.4 Å². The zero-order chi connectivity index (χ0) is 22.4. The molecule has 0 bridgehead atoms. The van der Waals surface area contributed by atoms with E-state index in [2.05, 4.69) is 5.32 Å². The van der Waals surface area contributed by atoms with Crippen molar-refractivity contribution in [2.24, 2.45) is 0 Å². The zero-order valence-electron chi connectivity index (χ0n) is 16.6. The molecule has 9 heteroatoms. The molecule has 31 heavy (non-hydrogen) atoms. The molecule has 0 radical (unpaired) electrons. The number of nitrogens with zero attached hydrogens (tertiary/aromatic N) is 1. The second-order valence-corrected chi connectivity index (χ2v) is 9.19. The largest absolute Gasteiger partial charge is 0.496 e. The minimum absolute atomic E-state index is 0.0543. The number of nitrogens with one attached hydrogen (secondary N) is 1. The predicted octanol–water partition coefficient (Wildman–Crippen LogP) is 4.51. The number of ether oxygens (including phenoxy) is 1. The number of amides is 1. The first-order valence-electron chi connectivity index (χ1n) is 9.24. The van der Waals surface area contributed by atoms with Crippen LogP contribution in [0.1, 0.15) is 5.56 Å². The minimum atomic E-state index is -4.03. The van der Waals surface area contributed by atoms with E-state index in [0.29, 0.717) is 5.75 Å². The van der Waals surface area contributed by atoms with Crippen LogP contribution in [-0.4, -0.2) is 28.0 Å². The maximum absolute atomic E-state index is 13.3. The molecule has 0 aliphatic carbocycles. The molecular weight excluding hydrogens is 459 g/mol. The van der Waals surface area contributed by atoms with Crippen LogP contribution in [-0.2, 0) is 21.4 Å². The van der Waals surface area contributed by atoms with Gasteiger partial charge >= 0.3 is 0 Å². The smallest absolute Gasteiger partial charge is 0.264 e. The van der Waals surface area contributed by atoms with Crippen LogP contribution < -0.4 is 14.4 Å². The predicted molar refractivity (Wildman–Crippen MR) is 122 cm³/mol. The molecule has 1 amide bonds. The Morgan fingerprint density at radius 2 is 1.65 bits per heavy atom. The van der Waals surface area contributed by atoms with Crippen molar-refractivity contribution in [1.29, 1.82) is 0 Å². The quantitative estimate of drug-likeness (QED) is 0.516. The van der Waals surface area contributed by atoms with Crippen molar-refractivity contribution in [3.8, 4) is 5.75 Å². The van der Waals surface area contributed by atoms with Crippen LogP contribution in [0.5, 0.6) is 5.75 Å². The third-order valence-electron chi connectivity index (χ3n) is 4.48. The van der Waals surface area contributed by atoms with Crippen molar-refractivity contribution in [3.05, 3.63) is 88.4 Å². The Morgan fingerprint density at radius 1 is 0.968 bits per heavy atom. The van der Waals surface area contributed by atoms with E-state index in [-0.39, 0.29) is 27.2 Å². The number of carbonyl (C=O) groups excluding carboxylic acids is 1. The molecule has 0 saturated heterocycles. The molecule has 0 saturated carbocycles. The lowest BCUT2D eigenvalue weighted by Gasteiger charge is -2.24. The average molecular weight is 479 g/mol. The number of hydrogen-bond acceptors (Lipinski definition) is 4. The maximum Gasteiger partial charge on any atom is 0.264 e. The summed E-state index contributed by atoms with van der Waals surface area (Å²) in [5.41, 5.74) is 0.996. The van der Waals surface area contributed by atoms with Gasteiger partial charge in [0.1, 0.15) is 12.3 Å². The summed E-state index contributed by atoms with van der Waals surface area (Å²) in [7, 11) is -2.49. The number of hydrogen-bond donors (Lipinski definition) is 1. The lowest BCUT2D eigenvalue weighted by molar-refractivity contribution is -0.119. The standard InChI is InChI=1S/C22H20Cl2N2O4S/c1-30-21-10-6-5-7-16(21)14-25-22(27)15-26(17-11-12-19(23)20(24)13-17)31(28,29)18-8-3-2-4-9-18/h2-13H,14-15H2,1H3,(H,25,27). The summed E-state index contributed by atoms with van der Waals surface area (Å²) < 4.78 is 32.9. The van der Waals surface area contributed by atoms with Crippen LogP contribution >= 0.6 is 23.2 Å².